The number of likely N-dealkylation sites (N-methyl/N-ethyl adjacent to an activating group) is 2. The highest BCUT2D eigenvalue weighted by molar-refractivity contribution is 9.12. The Labute approximate surface area is 135 Å². The van der Waals surface area contributed by atoms with Gasteiger partial charge in [0.25, 0.3) is 5.91 Å². The van der Waals surface area contributed by atoms with Crippen LogP contribution in [0.4, 0.5) is 0 Å². The quantitative estimate of drug-likeness (QED) is 0.754. The van der Waals surface area contributed by atoms with Crippen LogP contribution in [-0.2, 0) is 0 Å². The van der Waals surface area contributed by atoms with Gasteiger partial charge in [0.05, 0.1) is 13.1 Å². The first-order chi connectivity index (χ1) is 8.85. The first kappa shape index (κ1) is 15.5. The summed E-state index contributed by atoms with van der Waals surface area (Å²) in [5.74, 6) is 0.0851. The van der Waals surface area contributed by atoms with Crippen molar-refractivity contribution in [3.05, 3.63) is 19.2 Å². The van der Waals surface area contributed by atoms with Gasteiger partial charge < -0.3 is 9.80 Å². The Kier molecular flexibility index (Phi) is 4.75. The van der Waals surface area contributed by atoms with E-state index in [1.54, 1.807) is 0 Å². The van der Waals surface area contributed by atoms with E-state index in [1.165, 1.54) is 30.6 Å². The molecule has 1 aliphatic rings. The molecule has 0 atom stereocenters. The Balaban J connectivity index is 2.10. The van der Waals surface area contributed by atoms with Crippen LogP contribution in [0.5, 0.6) is 0 Å². The lowest BCUT2D eigenvalue weighted by Gasteiger charge is -2.49. The summed E-state index contributed by atoms with van der Waals surface area (Å²) in [6, 6.07) is 1.89. The fraction of sp³-hybridized carbons (Fsp3) is 0.615. The van der Waals surface area contributed by atoms with Crippen LogP contribution in [0.1, 0.15) is 29.6 Å². The minimum Gasteiger partial charge on any atom is -0.340 e. The van der Waals surface area contributed by atoms with Gasteiger partial charge in [-0.15, -0.1) is 11.3 Å². The maximum Gasteiger partial charge on any atom is 0.255 e. The largest absolute Gasteiger partial charge is 0.340 e. The third-order valence-electron chi connectivity index (χ3n) is 4.00. The van der Waals surface area contributed by atoms with Gasteiger partial charge in [-0.25, -0.2) is 0 Å². The van der Waals surface area contributed by atoms with Gasteiger partial charge in [-0.1, -0.05) is 0 Å². The van der Waals surface area contributed by atoms with Crippen LogP contribution >= 0.6 is 43.2 Å². The van der Waals surface area contributed by atoms with Crippen molar-refractivity contribution in [1.82, 2.24) is 9.80 Å². The molecule has 0 aliphatic heterocycles. The van der Waals surface area contributed by atoms with E-state index in [0.717, 1.165) is 19.7 Å². The zero-order chi connectivity index (χ0) is 14.2. The molecule has 1 heterocycles. The number of nitrogens with zero attached hydrogens (tertiary/aromatic N) is 2. The molecule has 1 aromatic heterocycles. The molecule has 3 nitrogen and oxygen atoms in total. The molecule has 0 unspecified atom stereocenters. The molecule has 0 bridgehead atoms. The molecule has 1 saturated carbocycles. The molecule has 1 amide bonds. The molecule has 0 N–H and O–H groups in total. The van der Waals surface area contributed by atoms with Crippen molar-refractivity contribution < 1.29 is 4.79 Å². The number of carbonyl (C=O) groups is 1. The van der Waals surface area contributed by atoms with Gasteiger partial charge in [-0.3, -0.25) is 4.79 Å². The van der Waals surface area contributed by atoms with Crippen LogP contribution < -0.4 is 0 Å². The maximum atomic E-state index is 12.5. The first-order valence-electron chi connectivity index (χ1n) is 6.23. The number of thiophene rings is 1. The maximum absolute atomic E-state index is 12.5. The predicted octanol–water partition coefficient (Wildman–Crippen LogP) is 3.83. The zero-order valence-electron chi connectivity index (χ0n) is 11.4. The second-order valence-corrected chi connectivity index (χ2v) is 9.12. The van der Waals surface area contributed by atoms with Gasteiger partial charge in [0, 0.05) is 19.1 Å². The highest BCUT2D eigenvalue weighted by Crippen LogP contribution is 2.37. The summed E-state index contributed by atoms with van der Waals surface area (Å²) in [5.41, 5.74) is 0.914. The fourth-order valence-corrected chi connectivity index (χ4v) is 5.31. The summed E-state index contributed by atoms with van der Waals surface area (Å²) in [5, 5.41) is 0. The third kappa shape index (κ3) is 3.06. The van der Waals surface area contributed by atoms with Crippen LogP contribution in [0.15, 0.2) is 13.6 Å². The second-order valence-electron chi connectivity index (χ2n) is 5.37. The lowest BCUT2D eigenvalue weighted by Crippen LogP contribution is -2.57. The van der Waals surface area contributed by atoms with Crippen molar-refractivity contribution in [2.24, 2.45) is 0 Å². The molecular formula is C13H18Br2N2OS. The van der Waals surface area contributed by atoms with E-state index in [4.69, 9.17) is 0 Å². The van der Waals surface area contributed by atoms with Crippen LogP contribution in [0.3, 0.4) is 0 Å². The molecule has 0 spiro atoms. The van der Waals surface area contributed by atoms with Crippen molar-refractivity contribution in [2.45, 2.75) is 24.8 Å². The molecule has 1 fully saturated rings. The third-order valence-corrected chi connectivity index (χ3v) is 6.34. The van der Waals surface area contributed by atoms with Gasteiger partial charge >= 0.3 is 0 Å². The van der Waals surface area contributed by atoms with E-state index in [-0.39, 0.29) is 11.4 Å². The Morgan fingerprint density at radius 3 is 2.37 bits per heavy atom. The molecule has 2 rings (SSSR count). The van der Waals surface area contributed by atoms with Gasteiger partial charge in [-0.05, 0) is 71.3 Å². The van der Waals surface area contributed by atoms with Crippen molar-refractivity contribution in [3.63, 3.8) is 0 Å². The van der Waals surface area contributed by atoms with Gasteiger partial charge in [0.15, 0.2) is 0 Å². The average molecular weight is 410 g/mol. The van der Waals surface area contributed by atoms with E-state index in [2.05, 4.69) is 50.9 Å². The normalized spacial score (nSPS) is 17.4. The minimum atomic E-state index is 0.0851. The lowest BCUT2D eigenvalue weighted by atomic mass is 9.75. The molecule has 19 heavy (non-hydrogen) atoms. The van der Waals surface area contributed by atoms with Crippen molar-refractivity contribution >= 4 is 49.1 Å². The smallest absolute Gasteiger partial charge is 0.255 e. The summed E-state index contributed by atoms with van der Waals surface area (Å²) >= 11 is 8.41. The number of rotatable bonds is 4. The molecule has 0 aromatic carbocycles. The monoisotopic (exact) mass is 408 g/mol. The SMILES string of the molecule is CN(CC1(N(C)C)CCC1)C(=O)c1cc(Br)sc1Br. The molecular weight excluding hydrogens is 392 g/mol. The highest BCUT2D eigenvalue weighted by Gasteiger charge is 2.40. The second kappa shape index (κ2) is 5.84. The fourth-order valence-electron chi connectivity index (χ4n) is 2.54. The summed E-state index contributed by atoms with van der Waals surface area (Å²) in [6.07, 6.45) is 3.60. The number of amides is 1. The molecule has 1 aliphatic carbocycles. The van der Waals surface area contributed by atoms with E-state index in [9.17, 15) is 4.79 Å². The van der Waals surface area contributed by atoms with Crippen LogP contribution in [-0.4, -0.2) is 48.9 Å². The molecule has 1 aromatic rings. The van der Waals surface area contributed by atoms with Crippen molar-refractivity contribution in [3.8, 4) is 0 Å². The van der Waals surface area contributed by atoms with E-state index >= 15 is 0 Å². The van der Waals surface area contributed by atoms with E-state index in [0.29, 0.717) is 0 Å². The zero-order valence-corrected chi connectivity index (χ0v) is 15.4. The Morgan fingerprint density at radius 2 is 2.00 bits per heavy atom. The number of hydrogen-bond donors (Lipinski definition) is 0. The van der Waals surface area contributed by atoms with E-state index in [1.807, 2.05) is 18.0 Å². The molecule has 106 valence electrons. The Bertz CT molecular complexity index is 483. The number of halogens is 2. The topological polar surface area (TPSA) is 23.6 Å². The standard InChI is InChI=1S/C13H18Br2N2OS/c1-16(2)13(5-4-6-13)8-17(3)12(18)9-7-10(14)19-11(9)15/h7H,4-6,8H2,1-3H3. The van der Waals surface area contributed by atoms with Crippen molar-refractivity contribution in [2.75, 3.05) is 27.7 Å². The number of hydrogen-bond acceptors (Lipinski definition) is 3. The Hall–Kier alpha value is 0.0900. The molecule has 6 heteroatoms. The molecule has 0 saturated heterocycles. The Morgan fingerprint density at radius 1 is 1.37 bits per heavy atom. The van der Waals surface area contributed by atoms with Crippen LogP contribution in [0.2, 0.25) is 0 Å². The summed E-state index contributed by atoms with van der Waals surface area (Å²) in [4.78, 5) is 16.6. The summed E-state index contributed by atoms with van der Waals surface area (Å²) in [7, 11) is 6.10. The van der Waals surface area contributed by atoms with Crippen molar-refractivity contribution in [1.29, 1.82) is 0 Å². The summed E-state index contributed by atoms with van der Waals surface area (Å²) in [6.45, 7) is 0.790. The lowest BCUT2D eigenvalue weighted by molar-refractivity contribution is 0.0252. The van der Waals surface area contributed by atoms with Crippen LogP contribution in [0.25, 0.3) is 0 Å². The van der Waals surface area contributed by atoms with Crippen LogP contribution in [0, 0.1) is 0 Å². The van der Waals surface area contributed by atoms with E-state index < -0.39 is 0 Å². The van der Waals surface area contributed by atoms with Gasteiger partial charge in [0.1, 0.15) is 0 Å². The highest BCUT2D eigenvalue weighted by atomic mass is 79.9. The molecule has 0 radical (unpaired) electrons. The average Bonchev–Trinajstić information content (AvgIpc) is 2.61. The van der Waals surface area contributed by atoms with Gasteiger partial charge in [0.2, 0.25) is 0 Å². The predicted molar refractivity (Wildman–Crippen MR) is 86.9 cm³/mol. The first-order valence-corrected chi connectivity index (χ1v) is 8.64. The number of carbonyl (C=O) groups excluding carboxylic acids is 1. The van der Waals surface area contributed by atoms with Gasteiger partial charge in [-0.2, -0.15) is 0 Å². The minimum absolute atomic E-state index is 0.0851. The summed E-state index contributed by atoms with van der Waals surface area (Å²) < 4.78 is 1.87.